The normalized spacial score (nSPS) is 17.1. The molecule has 1 fully saturated rings. The van der Waals surface area contributed by atoms with Crippen molar-refractivity contribution >= 4 is 51.8 Å². The summed E-state index contributed by atoms with van der Waals surface area (Å²) in [5.41, 5.74) is 0.964. The molecule has 1 atom stereocenters. The highest BCUT2D eigenvalue weighted by Crippen LogP contribution is 2.24. The molecular weight excluding hydrogens is 430 g/mol. The van der Waals surface area contributed by atoms with Gasteiger partial charge in [0.2, 0.25) is 5.91 Å². The van der Waals surface area contributed by atoms with Crippen molar-refractivity contribution in [3.05, 3.63) is 77.9 Å². The molecule has 1 saturated heterocycles. The minimum absolute atomic E-state index is 0.211. The van der Waals surface area contributed by atoms with Crippen LogP contribution in [-0.4, -0.2) is 39.6 Å². The third-order valence-corrected chi connectivity index (χ3v) is 5.69. The average molecular weight is 447 g/mol. The summed E-state index contributed by atoms with van der Waals surface area (Å²) in [6.07, 6.45) is 1.10. The number of benzene rings is 3. The number of hydrogen-bond acceptors (Lipinski definition) is 7. The van der Waals surface area contributed by atoms with Crippen LogP contribution in [0.1, 0.15) is 22.3 Å². The van der Waals surface area contributed by atoms with Crippen LogP contribution in [0, 0.1) is 0 Å². The number of nitrogens with zero attached hydrogens (tertiary/aromatic N) is 2. The van der Waals surface area contributed by atoms with E-state index in [-0.39, 0.29) is 11.6 Å². The van der Waals surface area contributed by atoms with Gasteiger partial charge in [-0.3, -0.25) is 9.59 Å². The largest absolute Gasteiger partial charge is 0.481 e. The van der Waals surface area contributed by atoms with Gasteiger partial charge in [0.1, 0.15) is 11.0 Å². The molecule has 0 bridgehead atoms. The molecule has 3 aromatic rings. The zero-order valence-corrected chi connectivity index (χ0v) is 17.4. The summed E-state index contributed by atoms with van der Waals surface area (Å²) in [7, 11) is 0. The number of aliphatic carboxylic acids is 1. The zero-order valence-electron chi connectivity index (χ0n) is 16.6. The van der Waals surface area contributed by atoms with Crippen molar-refractivity contribution in [2.45, 2.75) is 11.7 Å². The SMILES string of the molecule is O=C(O)CC1S/C(=N\N=Cc2ccccc2OC(=O)c2cccc3ccccc23)NC1=O. The third-order valence-electron chi connectivity index (χ3n) is 4.61. The number of carbonyl (C=O) groups is 3. The van der Waals surface area contributed by atoms with Gasteiger partial charge < -0.3 is 15.2 Å². The molecule has 3 aromatic carbocycles. The van der Waals surface area contributed by atoms with E-state index in [1.165, 1.54) is 6.21 Å². The predicted molar refractivity (Wildman–Crippen MR) is 122 cm³/mol. The highest BCUT2D eigenvalue weighted by molar-refractivity contribution is 8.15. The lowest BCUT2D eigenvalue weighted by Crippen LogP contribution is -2.26. The summed E-state index contributed by atoms with van der Waals surface area (Å²) in [5, 5.41) is 20.4. The molecule has 2 N–H and O–H groups in total. The van der Waals surface area contributed by atoms with Crippen LogP contribution in [0.4, 0.5) is 0 Å². The highest BCUT2D eigenvalue weighted by Gasteiger charge is 2.32. The summed E-state index contributed by atoms with van der Waals surface area (Å²) in [4.78, 5) is 35.4. The number of carboxylic acids is 1. The minimum Gasteiger partial charge on any atom is -0.481 e. The van der Waals surface area contributed by atoms with Crippen LogP contribution in [0.2, 0.25) is 0 Å². The van der Waals surface area contributed by atoms with E-state index in [2.05, 4.69) is 15.5 Å². The molecule has 1 unspecified atom stereocenters. The lowest BCUT2D eigenvalue weighted by Gasteiger charge is -2.09. The monoisotopic (exact) mass is 447 g/mol. The van der Waals surface area contributed by atoms with E-state index in [1.807, 2.05) is 30.3 Å². The molecular formula is C23H17N3O5S. The maximum Gasteiger partial charge on any atom is 0.344 e. The van der Waals surface area contributed by atoms with Crippen LogP contribution in [0.5, 0.6) is 5.75 Å². The number of carboxylic acid groups (broad SMARTS) is 1. The summed E-state index contributed by atoms with van der Waals surface area (Å²) in [6.45, 7) is 0. The molecule has 0 aromatic heterocycles. The van der Waals surface area contributed by atoms with Crippen molar-refractivity contribution in [3.63, 3.8) is 0 Å². The van der Waals surface area contributed by atoms with Gasteiger partial charge >= 0.3 is 11.9 Å². The maximum absolute atomic E-state index is 12.8. The summed E-state index contributed by atoms with van der Waals surface area (Å²) in [5.74, 6) is -1.68. The van der Waals surface area contributed by atoms with E-state index in [1.54, 1.807) is 36.4 Å². The van der Waals surface area contributed by atoms with Crippen molar-refractivity contribution < 1.29 is 24.2 Å². The Morgan fingerprint density at radius 3 is 2.66 bits per heavy atom. The molecule has 160 valence electrons. The first-order chi connectivity index (χ1) is 15.5. The number of hydrogen-bond donors (Lipinski definition) is 2. The van der Waals surface area contributed by atoms with Gasteiger partial charge in [-0.05, 0) is 29.0 Å². The first-order valence-corrected chi connectivity index (χ1v) is 10.5. The van der Waals surface area contributed by atoms with E-state index in [0.29, 0.717) is 16.9 Å². The van der Waals surface area contributed by atoms with Crippen molar-refractivity contribution in [3.8, 4) is 5.75 Å². The van der Waals surface area contributed by atoms with E-state index >= 15 is 0 Å². The topological polar surface area (TPSA) is 117 Å². The van der Waals surface area contributed by atoms with E-state index in [9.17, 15) is 14.4 Å². The van der Waals surface area contributed by atoms with Gasteiger partial charge in [-0.2, -0.15) is 5.10 Å². The molecule has 1 aliphatic heterocycles. The Morgan fingerprint density at radius 2 is 1.81 bits per heavy atom. The minimum atomic E-state index is -1.07. The number of amidine groups is 1. The average Bonchev–Trinajstić information content (AvgIpc) is 3.12. The Bertz CT molecular complexity index is 1270. The third kappa shape index (κ3) is 4.84. The second-order valence-electron chi connectivity index (χ2n) is 6.80. The highest BCUT2D eigenvalue weighted by atomic mass is 32.2. The quantitative estimate of drug-likeness (QED) is 0.259. The van der Waals surface area contributed by atoms with E-state index in [4.69, 9.17) is 9.84 Å². The van der Waals surface area contributed by atoms with Crippen LogP contribution in [0.25, 0.3) is 10.8 Å². The summed E-state index contributed by atoms with van der Waals surface area (Å²) >= 11 is 1.00. The number of ether oxygens (including phenoxy) is 1. The second-order valence-corrected chi connectivity index (χ2v) is 7.99. The first-order valence-electron chi connectivity index (χ1n) is 9.60. The number of thioether (sulfide) groups is 1. The van der Waals surface area contributed by atoms with Crippen molar-refractivity contribution in [2.24, 2.45) is 10.2 Å². The van der Waals surface area contributed by atoms with Crippen molar-refractivity contribution in [2.75, 3.05) is 0 Å². The molecule has 32 heavy (non-hydrogen) atoms. The number of amides is 1. The molecule has 0 aliphatic carbocycles. The molecule has 0 saturated carbocycles. The Balaban J connectivity index is 1.50. The zero-order chi connectivity index (χ0) is 22.5. The molecule has 9 heteroatoms. The number of rotatable bonds is 6. The van der Waals surface area contributed by atoms with Gasteiger partial charge in [0.25, 0.3) is 0 Å². The Kier molecular flexibility index (Phi) is 6.27. The molecule has 1 amide bonds. The molecule has 0 radical (unpaired) electrons. The molecule has 0 spiro atoms. The molecule has 4 rings (SSSR count). The standard InChI is InChI=1S/C23H17N3O5S/c27-20(28)12-19-21(29)25-23(32-19)26-24-13-15-7-2-4-11-18(15)31-22(30)17-10-5-8-14-6-1-3-9-16(14)17/h1-11,13,19H,12H2,(H,27,28)(H,25,26,29). The van der Waals surface area contributed by atoms with Gasteiger partial charge in [0.15, 0.2) is 5.17 Å². The first kappa shape index (κ1) is 21.3. The van der Waals surface area contributed by atoms with Crippen LogP contribution in [-0.2, 0) is 9.59 Å². The number of nitrogens with one attached hydrogen (secondary N) is 1. The molecule has 8 nitrogen and oxygen atoms in total. The second kappa shape index (κ2) is 9.44. The smallest absolute Gasteiger partial charge is 0.344 e. The number of fused-ring (bicyclic) bond motifs is 1. The Labute approximate surface area is 187 Å². The molecule has 1 heterocycles. The lowest BCUT2D eigenvalue weighted by molar-refractivity contribution is -0.138. The summed E-state index contributed by atoms with van der Waals surface area (Å²) < 4.78 is 5.62. The Hall–Kier alpha value is -3.98. The van der Waals surface area contributed by atoms with Crippen LogP contribution < -0.4 is 10.1 Å². The maximum atomic E-state index is 12.8. The van der Waals surface area contributed by atoms with Gasteiger partial charge in [-0.15, -0.1) is 5.10 Å². The molecule has 1 aliphatic rings. The number of esters is 1. The van der Waals surface area contributed by atoms with Gasteiger partial charge in [-0.25, -0.2) is 4.79 Å². The van der Waals surface area contributed by atoms with Gasteiger partial charge in [0, 0.05) is 5.56 Å². The van der Waals surface area contributed by atoms with Crippen LogP contribution >= 0.6 is 11.8 Å². The van der Waals surface area contributed by atoms with Crippen LogP contribution in [0.15, 0.2) is 76.9 Å². The fourth-order valence-electron chi connectivity index (χ4n) is 3.13. The number of para-hydroxylation sites is 1. The van der Waals surface area contributed by atoms with Gasteiger partial charge in [-0.1, -0.05) is 60.3 Å². The van der Waals surface area contributed by atoms with Crippen molar-refractivity contribution in [1.29, 1.82) is 0 Å². The lowest BCUT2D eigenvalue weighted by atomic mass is 10.0. The fourth-order valence-corrected chi connectivity index (χ4v) is 4.04. The van der Waals surface area contributed by atoms with E-state index in [0.717, 1.165) is 22.5 Å². The Morgan fingerprint density at radius 1 is 1.06 bits per heavy atom. The fraction of sp³-hybridized carbons (Fsp3) is 0.0870. The summed E-state index contributed by atoms with van der Waals surface area (Å²) in [6, 6.07) is 19.8. The van der Waals surface area contributed by atoms with Gasteiger partial charge in [0.05, 0.1) is 18.2 Å². The van der Waals surface area contributed by atoms with E-state index < -0.39 is 23.1 Å². The van der Waals surface area contributed by atoms with Crippen molar-refractivity contribution in [1.82, 2.24) is 5.32 Å². The number of carbonyl (C=O) groups excluding carboxylic acids is 2. The predicted octanol–water partition coefficient (Wildman–Crippen LogP) is 3.46. The van der Waals surface area contributed by atoms with Crippen LogP contribution in [0.3, 0.4) is 0 Å².